The first kappa shape index (κ1) is 16.7. The van der Waals surface area contributed by atoms with Crippen molar-refractivity contribution < 1.29 is 9.59 Å². The molecule has 2 heterocycles. The molecule has 2 amide bonds. The van der Waals surface area contributed by atoms with Crippen molar-refractivity contribution in [3.63, 3.8) is 0 Å². The molecule has 0 saturated carbocycles. The average molecular weight is 365 g/mol. The van der Waals surface area contributed by atoms with Crippen molar-refractivity contribution in [2.75, 3.05) is 18.4 Å². The monoisotopic (exact) mass is 365 g/mol. The molecule has 26 heavy (non-hydrogen) atoms. The summed E-state index contributed by atoms with van der Waals surface area (Å²) in [5, 5.41) is 3.86. The molecule has 1 aromatic heterocycles. The van der Waals surface area contributed by atoms with Crippen LogP contribution in [0.25, 0.3) is 20.8 Å². The number of fused-ring (bicyclic) bond motifs is 1. The number of hydrogen-bond donors (Lipinski definition) is 1. The molecule has 0 spiro atoms. The minimum absolute atomic E-state index is 0.0718. The predicted octanol–water partition coefficient (Wildman–Crippen LogP) is 3.91. The van der Waals surface area contributed by atoms with Gasteiger partial charge in [0.25, 0.3) is 0 Å². The Morgan fingerprint density at radius 3 is 2.69 bits per heavy atom. The molecule has 1 aliphatic rings. The zero-order valence-electron chi connectivity index (χ0n) is 14.3. The van der Waals surface area contributed by atoms with Crippen molar-refractivity contribution in [1.82, 2.24) is 9.88 Å². The van der Waals surface area contributed by atoms with Gasteiger partial charge in [0.1, 0.15) is 5.01 Å². The molecule has 0 bridgehead atoms. The van der Waals surface area contributed by atoms with Crippen molar-refractivity contribution in [2.45, 2.75) is 19.3 Å². The molecule has 1 saturated heterocycles. The lowest BCUT2D eigenvalue weighted by Gasteiger charge is -2.14. The molecular formula is C20H19N3O2S. The third-order valence-corrected chi connectivity index (χ3v) is 5.58. The van der Waals surface area contributed by atoms with Crippen LogP contribution in [0.5, 0.6) is 0 Å². The molecule has 1 fully saturated rings. The first-order valence-electron chi connectivity index (χ1n) is 8.73. The highest BCUT2D eigenvalue weighted by atomic mass is 32.1. The maximum absolute atomic E-state index is 12.1. The van der Waals surface area contributed by atoms with Crippen molar-refractivity contribution >= 4 is 39.1 Å². The Balaban J connectivity index is 1.38. The fourth-order valence-corrected chi connectivity index (χ4v) is 4.06. The van der Waals surface area contributed by atoms with Crippen LogP contribution in [0.4, 0.5) is 5.69 Å². The molecule has 1 aliphatic heterocycles. The highest BCUT2D eigenvalue weighted by Crippen LogP contribution is 2.30. The Bertz CT molecular complexity index is 916. The Kier molecular flexibility index (Phi) is 4.67. The number of para-hydroxylation sites is 1. The second-order valence-corrected chi connectivity index (χ2v) is 7.38. The van der Waals surface area contributed by atoms with Crippen LogP contribution in [0.1, 0.15) is 19.3 Å². The number of hydrogen-bond acceptors (Lipinski definition) is 4. The summed E-state index contributed by atoms with van der Waals surface area (Å²) >= 11 is 1.66. The summed E-state index contributed by atoms with van der Waals surface area (Å²) in [6, 6.07) is 15.8. The lowest BCUT2D eigenvalue weighted by Crippen LogP contribution is -2.28. The van der Waals surface area contributed by atoms with E-state index in [4.69, 9.17) is 0 Å². The van der Waals surface area contributed by atoms with E-state index >= 15 is 0 Å². The number of carbonyl (C=O) groups excluding carboxylic acids is 2. The summed E-state index contributed by atoms with van der Waals surface area (Å²) in [6.07, 6.45) is 1.83. The van der Waals surface area contributed by atoms with E-state index in [1.165, 1.54) is 0 Å². The average Bonchev–Trinajstić information content (AvgIpc) is 3.26. The zero-order chi connectivity index (χ0) is 17.9. The van der Waals surface area contributed by atoms with Gasteiger partial charge in [-0.15, -0.1) is 11.3 Å². The number of anilines is 1. The van der Waals surface area contributed by atoms with Crippen molar-refractivity contribution in [3.05, 3.63) is 48.5 Å². The number of carbonyl (C=O) groups is 2. The maximum atomic E-state index is 12.1. The minimum Gasteiger partial charge on any atom is -0.342 e. The summed E-state index contributed by atoms with van der Waals surface area (Å²) in [6.45, 7) is 1.26. The second-order valence-electron chi connectivity index (χ2n) is 6.35. The predicted molar refractivity (Wildman–Crippen MR) is 104 cm³/mol. The molecule has 2 aromatic carbocycles. The molecule has 6 heteroatoms. The number of benzene rings is 2. The van der Waals surface area contributed by atoms with Crippen LogP contribution in [0, 0.1) is 0 Å². The normalized spacial score (nSPS) is 14.2. The summed E-state index contributed by atoms with van der Waals surface area (Å²) in [7, 11) is 0. The van der Waals surface area contributed by atoms with Gasteiger partial charge in [-0.2, -0.15) is 0 Å². The molecule has 0 radical (unpaired) electrons. The molecule has 132 valence electrons. The van der Waals surface area contributed by atoms with Crippen LogP contribution >= 0.6 is 11.3 Å². The van der Waals surface area contributed by atoms with Crippen molar-refractivity contribution in [3.8, 4) is 10.6 Å². The molecule has 1 N–H and O–H groups in total. The number of nitrogens with one attached hydrogen (secondary N) is 1. The van der Waals surface area contributed by atoms with E-state index in [1.54, 1.807) is 16.2 Å². The Labute approximate surface area is 155 Å². The topological polar surface area (TPSA) is 62.3 Å². The number of amides is 2. The van der Waals surface area contributed by atoms with Gasteiger partial charge in [-0.05, 0) is 42.8 Å². The first-order valence-corrected chi connectivity index (χ1v) is 9.54. The SMILES string of the molecule is O=C(CCN1CCCC1=O)Nc1ccc(-c2nc3ccccc3s2)cc1. The number of thiazole rings is 1. The van der Waals surface area contributed by atoms with Crippen molar-refractivity contribution in [1.29, 1.82) is 0 Å². The van der Waals surface area contributed by atoms with Gasteiger partial charge in [-0.3, -0.25) is 9.59 Å². The van der Waals surface area contributed by atoms with Gasteiger partial charge in [-0.25, -0.2) is 4.98 Å². The van der Waals surface area contributed by atoms with Crippen LogP contribution in [-0.2, 0) is 9.59 Å². The van der Waals surface area contributed by atoms with Gasteiger partial charge in [-0.1, -0.05) is 12.1 Å². The second kappa shape index (κ2) is 7.25. The van der Waals surface area contributed by atoms with Crippen LogP contribution in [0.15, 0.2) is 48.5 Å². The zero-order valence-corrected chi connectivity index (χ0v) is 15.1. The number of likely N-dealkylation sites (tertiary alicyclic amines) is 1. The molecule has 0 aliphatic carbocycles. The maximum Gasteiger partial charge on any atom is 0.226 e. The third-order valence-electron chi connectivity index (χ3n) is 4.49. The lowest BCUT2D eigenvalue weighted by atomic mass is 10.2. The van der Waals surface area contributed by atoms with E-state index in [9.17, 15) is 9.59 Å². The van der Waals surface area contributed by atoms with Crippen LogP contribution in [0.2, 0.25) is 0 Å². The van der Waals surface area contributed by atoms with Crippen molar-refractivity contribution in [2.24, 2.45) is 0 Å². The standard InChI is InChI=1S/C20H19N3O2S/c24-18(11-13-23-12-3-6-19(23)25)21-15-9-7-14(8-10-15)20-22-16-4-1-2-5-17(16)26-20/h1-2,4-5,7-10H,3,6,11-13H2,(H,21,24). The molecule has 0 unspecified atom stereocenters. The third kappa shape index (κ3) is 3.60. The summed E-state index contributed by atoms with van der Waals surface area (Å²) in [5.41, 5.74) is 2.79. The van der Waals surface area contributed by atoms with E-state index in [0.717, 1.165) is 39.4 Å². The van der Waals surface area contributed by atoms with Gasteiger partial charge in [0.15, 0.2) is 0 Å². The molecule has 5 nitrogen and oxygen atoms in total. The van der Waals surface area contributed by atoms with E-state index in [2.05, 4.69) is 16.4 Å². The summed E-state index contributed by atoms with van der Waals surface area (Å²) in [4.78, 5) is 30.1. The smallest absolute Gasteiger partial charge is 0.226 e. The van der Waals surface area contributed by atoms with Gasteiger partial charge >= 0.3 is 0 Å². The van der Waals surface area contributed by atoms with E-state index in [-0.39, 0.29) is 11.8 Å². The van der Waals surface area contributed by atoms with Gasteiger partial charge in [0, 0.05) is 37.2 Å². The van der Waals surface area contributed by atoms with Gasteiger partial charge in [0.05, 0.1) is 10.2 Å². The van der Waals surface area contributed by atoms with E-state index in [0.29, 0.717) is 19.4 Å². The highest BCUT2D eigenvalue weighted by Gasteiger charge is 2.20. The Morgan fingerprint density at radius 1 is 1.15 bits per heavy atom. The lowest BCUT2D eigenvalue weighted by molar-refractivity contribution is -0.128. The Morgan fingerprint density at radius 2 is 1.96 bits per heavy atom. The number of aromatic nitrogens is 1. The molecular weight excluding hydrogens is 346 g/mol. The largest absolute Gasteiger partial charge is 0.342 e. The summed E-state index contributed by atoms with van der Waals surface area (Å²) in [5.74, 6) is 0.0791. The fourth-order valence-electron chi connectivity index (χ4n) is 3.09. The number of nitrogens with zero attached hydrogens (tertiary/aromatic N) is 2. The van der Waals surface area contributed by atoms with Crippen LogP contribution in [0.3, 0.4) is 0 Å². The quantitative estimate of drug-likeness (QED) is 0.745. The summed E-state index contributed by atoms with van der Waals surface area (Å²) < 4.78 is 1.16. The van der Waals surface area contributed by atoms with Gasteiger partial charge in [0.2, 0.25) is 11.8 Å². The van der Waals surface area contributed by atoms with Crippen LogP contribution < -0.4 is 5.32 Å². The highest BCUT2D eigenvalue weighted by molar-refractivity contribution is 7.21. The van der Waals surface area contributed by atoms with Crippen LogP contribution in [-0.4, -0.2) is 34.8 Å². The Hall–Kier alpha value is -2.73. The molecule has 4 rings (SSSR count). The van der Waals surface area contributed by atoms with E-state index < -0.39 is 0 Å². The van der Waals surface area contributed by atoms with E-state index in [1.807, 2.05) is 42.5 Å². The minimum atomic E-state index is -0.0718. The number of rotatable bonds is 5. The molecule has 3 aromatic rings. The molecule has 0 atom stereocenters. The van der Waals surface area contributed by atoms with Gasteiger partial charge < -0.3 is 10.2 Å². The first-order chi connectivity index (χ1) is 12.7. The fraction of sp³-hybridized carbons (Fsp3) is 0.250.